The predicted molar refractivity (Wildman–Crippen MR) is 102 cm³/mol. The highest BCUT2D eigenvalue weighted by Crippen LogP contribution is 2.50. The molecule has 0 bridgehead atoms. The van der Waals surface area contributed by atoms with Crippen LogP contribution in [-0.4, -0.2) is 26.8 Å². The Kier molecular flexibility index (Phi) is 4.26. The normalized spacial score (nSPS) is 23.6. The zero-order chi connectivity index (χ0) is 19.9. The molecule has 144 valence electrons. The fourth-order valence-corrected chi connectivity index (χ4v) is 3.68. The van der Waals surface area contributed by atoms with E-state index in [1.807, 2.05) is 30.3 Å². The molecule has 8 heteroatoms. The van der Waals surface area contributed by atoms with Crippen LogP contribution in [0.15, 0.2) is 59.5 Å². The number of carbonyl (C=O) groups is 2. The van der Waals surface area contributed by atoms with Crippen LogP contribution in [0.1, 0.15) is 31.4 Å². The first-order valence-electron chi connectivity index (χ1n) is 9.00. The molecule has 0 fully saturated rings. The summed E-state index contributed by atoms with van der Waals surface area (Å²) in [7, 11) is 1.66. The average molecular weight is 379 g/mol. The first-order valence-corrected chi connectivity index (χ1v) is 9.00. The number of nitrogens with two attached hydrogens (primary N) is 1. The smallest absolute Gasteiger partial charge is 0.252 e. The van der Waals surface area contributed by atoms with Crippen molar-refractivity contribution in [2.24, 2.45) is 18.2 Å². The highest BCUT2D eigenvalue weighted by atomic mass is 16.5. The maximum atomic E-state index is 12.8. The van der Waals surface area contributed by atoms with Crippen molar-refractivity contribution in [2.45, 2.75) is 25.9 Å². The van der Waals surface area contributed by atoms with Gasteiger partial charge in [-0.3, -0.25) is 9.59 Å². The number of carbonyl (C=O) groups excluding carboxylic acids is 2. The Labute approximate surface area is 162 Å². The molecule has 2 unspecified atom stereocenters. The van der Waals surface area contributed by atoms with Crippen LogP contribution >= 0.6 is 0 Å². The maximum absolute atomic E-state index is 12.8. The van der Waals surface area contributed by atoms with E-state index < -0.39 is 11.3 Å². The molecule has 2 aromatic rings. The Morgan fingerprint density at radius 2 is 2.07 bits per heavy atom. The summed E-state index contributed by atoms with van der Waals surface area (Å²) in [5.74, 6) is 0.0537. The highest BCUT2D eigenvalue weighted by molar-refractivity contribution is 6.04. The molecule has 4 rings (SSSR count). The van der Waals surface area contributed by atoms with Crippen molar-refractivity contribution in [3.63, 3.8) is 0 Å². The van der Waals surface area contributed by atoms with E-state index in [4.69, 9.17) is 10.5 Å². The molecule has 2 heterocycles. The van der Waals surface area contributed by atoms with Gasteiger partial charge in [0.2, 0.25) is 5.91 Å². The van der Waals surface area contributed by atoms with Gasteiger partial charge in [-0.25, -0.2) is 0 Å². The van der Waals surface area contributed by atoms with Crippen LogP contribution in [0, 0.1) is 5.41 Å². The second-order valence-corrected chi connectivity index (χ2v) is 7.29. The molecule has 3 N–H and O–H groups in total. The van der Waals surface area contributed by atoms with Gasteiger partial charge in [0.05, 0.1) is 6.20 Å². The SMILES string of the molecule is Cn1ncc(NC(=O)C2=CC3=C(OC(c4ccccc4)C3)C(C)(C(N)=O)C2)n1. The van der Waals surface area contributed by atoms with E-state index in [1.165, 1.54) is 11.0 Å². The minimum absolute atomic E-state index is 0.161. The van der Waals surface area contributed by atoms with Gasteiger partial charge >= 0.3 is 0 Å². The third-order valence-electron chi connectivity index (χ3n) is 5.20. The van der Waals surface area contributed by atoms with E-state index in [0.717, 1.165) is 11.1 Å². The van der Waals surface area contributed by atoms with Crippen molar-refractivity contribution >= 4 is 17.6 Å². The number of rotatable bonds is 4. The van der Waals surface area contributed by atoms with Gasteiger partial charge in [-0.15, -0.1) is 5.10 Å². The first-order chi connectivity index (χ1) is 13.4. The van der Waals surface area contributed by atoms with Gasteiger partial charge in [0.1, 0.15) is 17.3 Å². The summed E-state index contributed by atoms with van der Waals surface area (Å²) in [4.78, 5) is 26.4. The fourth-order valence-electron chi connectivity index (χ4n) is 3.68. The summed E-state index contributed by atoms with van der Waals surface area (Å²) >= 11 is 0. The highest BCUT2D eigenvalue weighted by Gasteiger charge is 2.47. The van der Waals surface area contributed by atoms with E-state index >= 15 is 0 Å². The van der Waals surface area contributed by atoms with Gasteiger partial charge in [-0.1, -0.05) is 30.3 Å². The van der Waals surface area contributed by atoms with Gasteiger partial charge in [0, 0.05) is 19.0 Å². The molecule has 1 aromatic carbocycles. The third kappa shape index (κ3) is 3.06. The minimum atomic E-state index is -1.08. The molecule has 2 aliphatic rings. The number of hydrogen-bond acceptors (Lipinski definition) is 5. The zero-order valence-corrected chi connectivity index (χ0v) is 15.7. The molecule has 28 heavy (non-hydrogen) atoms. The Bertz CT molecular complexity index is 1010. The molecule has 0 spiro atoms. The van der Waals surface area contributed by atoms with Crippen molar-refractivity contribution in [3.05, 3.63) is 65.1 Å². The number of hydrogen-bond donors (Lipinski definition) is 2. The lowest BCUT2D eigenvalue weighted by molar-refractivity contribution is -0.127. The van der Waals surface area contributed by atoms with Crippen LogP contribution in [0.5, 0.6) is 0 Å². The second kappa shape index (κ2) is 6.63. The molecule has 0 saturated heterocycles. The molecule has 0 radical (unpaired) electrons. The number of amides is 2. The number of nitrogens with zero attached hydrogens (tertiary/aromatic N) is 3. The summed E-state index contributed by atoms with van der Waals surface area (Å²) < 4.78 is 6.15. The number of aryl methyl sites for hydroxylation is 1. The van der Waals surface area contributed by atoms with Gasteiger partial charge in [-0.2, -0.15) is 9.90 Å². The van der Waals surface area contributed by atoms with Crippen LogP contribution in [0.3, 0.4) is 0 Å². The van der Waals surface area contributed by atoms with Crippen molar-refractivity contribution in [1.29, 1.82) is 0 Å². The first kappa shape index (κ1) is 18.0. The zero-order valence-electron chi connectivity index (χ0n) is 15.7. The van der Waals surface area contributed by atoms with Crippen LogP contribution in [-0.2, 0) is 21.4 Å². The van der Waals surface area contributed by atoms with Crippen LogP contribution in [0.25, 0.3) is 0 Å². The summed E-state index contributed by atoms with van der Waals surface area (Å²) in [5, 5.41) is 10.7. The number of primary amides is 1. The van der Waals surface area contributed by atoms with Crippen molar-refractivity contribution in [2.75, 3.05) is 5.32 Å². The monoisotopic (exact) mass is 379 g/mol. The van der Waals surface area contributed by atoms with Crippen molar-refractivity contribution < 1.29 is 14.3 Å². The van der Waals surface area contributed by atoms with Gasteiger partial charge in [-0.05, 0) is 30.6 Å². The topological polar surface area (TPSA) is 112 Å². The van der Waals surface area contributed by atoms with E-state index in [9.17, 15) is 9.59 Å². The predicted octanol–water partition coefficient (Wildman–Crippen LogP) is 1.99. The summed E-state index contributed by atoms with van der Waals surface area (Å²) in [6, 6.07) is 9.79. The molecule has 0 saturated carbocycles. The lowest BCUT2D eigenvalue weighted by atomic mass is 9.75. The number of ether oxygens (including phenoxy) is 1. The molecule has 2 amide bonds. The number of anilines is 1. The number of benzene rings is 1. The van der Waals surface area contributed by atoms with Gasteiger partial charge in [0.25, 0.3) is 5.91 Å². The Balaban J connectivity index is 1.63. The molecule has 2 atom stereocenters. The lowest BCUT2D eigenvalue weighted by Crippen LogP contribution is -2.39. The third-order valence-corrected chi connectivity index (χ3v) is 5.20. The van der Waals surface area contributed by atoms with Crippen LogP contribution < -0.4 is 11.1 Å². The van der Waals surface area contributed by atoms with E-state index in [1.54, 1.807) is 20.0 Å². The van der Waals surface area contributed by atoms with Crippen molar-refractivity contribution in [3.8, 4) is 0 Å². The number of aromatic nitrogens is 3. The Morgan fingerprint density at radius 1 is 1.32 bits per heavy atom. The second-order valence-electron chi connectivity index (χ2n) is 7.29. The van der Waals surface area contributed by atoms with E-state index in [2.05, 4.69) is 15.5 Å². The van der Waals surface area contributed by atoms with Gasteiger partial charge < -0.3 is 15.8 Å². The molecule has 1 aliphatic carbocycles. The molecular weight excluding hydrogens is 358 g/mol. The largest absolute Gasteiger partial charge is 0.488 e. The van der Waals surface area contributed by atoms with E-state index in [-0.39, 0.29) is 18.4 Å². The van der Waals surface area contributed by atoms with Crippen molar-refractivity contribution in [1.82, 2.24) is 15.0 Å². The summed E-state index contributed by atoms with van der Waals surface area (Å²) in [6.45, 7) is 1.72. The maximum Gasteiger partial charge on any atom is 0.252 e. The molecule has 1 aliphatic heterocycles. The quantitative estimate of drug-likeness (QED) is 0.844. The lowest BCUT2D eigenvalue weighted by Gasteiger charge is -2.31. The Hall–Kier alpha value is -3.42. The van der Waals surface area contributed by atoms with E-state index in [0.29, 0.717) is 23.6 Å². The standard InChI is InChI=1S/C20H21N5O3/c1-20(19(21)27)10-14(18(26)23-16-11-22-25(2)24-16)8-13-9-15(28-17(13)20)12-6-4-3-5-7-12/h3-8,11,15H,9-10H2,1-2H3,(H2,21,27)(H,23,24,26). The fraction of sp³-hybridized carbons (Fsp3) is 0.300. The molecular formula is C20H21N5O3. The summed E-state index contributed by atoms with van der Waals surface area (Å²) in [6.07, 6.45) is 3.79. The molecule has 1 aromatic heterocycles. The van der Waals surface area contributed by atoms with Crippen LogP contribution in [0.2, 0.25) is 0 Å². The number of nitrogens with one attached hydrogen (secondary N) is 1. The van der Waals surface area contributed by atoms with Gasteiger partial charge in [0.15, 0.2) is 5.82 Å². The average Bonchev–Trinajstić information content (AvgIpc) is 3.29. The summed E-state index contributed by atoms with van der Waals surface area (Å²) in [5.41, 5.74) is 6.94. The Morgan fingerprint density at radius 3 is 2.71 bits per heavy atom. The number of allylic oxidation sites excluding steroid dienone is 1. The van der Waals surface area contributed by atoms with Crippen LogP contribution in [0.4, 0.5) is 5.82 Å². The minimum Gasteiger partial charge on any atom is -0.488 e. The molecule has 8 nitrogen and oxygen atoms in total.